The average molecular weight is 317 g/mol. The lowest BCUT2D eigenvalue weighted by atomic mass is 10.0. The van der Waals surface area contributed by atoms with Crippen LogP contribution in [0.5, 0.6) is 0 Å². The van der Waals surface area contributed by atoms with Crippen molar-refractivity contribution in [2.75, 3.05) is 11.9 Å². The summed E-state index contributed by atoms with van der Waals surface area (Å²) in [4.78, 5) is 6.26. The molecule has 2 aromatic rings. The summed E-state index contributed by atoms with van der Waals surface area (Å²) in [5.41, 5.74) is 2.67. The summed E-state index contributed by atoms with van der Waals surface area (Å²) in [6.07, 6.45) is 6.10. The van der Waals surface area contributed by atoms with E-state index in [0.29, 0.717) is 5.92 Å². The molecule has 22 heavy (non-hydrogen) atoms. The van der Waals surface area contributed by atoms with Crippen molar-refractivity contribution in [1.82, 2.24) is 4.98 Å². The molecule has 1 unspecified atom stereocenters. The molecule has 0 aliphatic rings. The van der Waals surface area contributed by atoms with Gasteiger partial charge in [0.2, 0.25) is 0 Å². The molecule has 0 aliphatic heterocycles. The van der Waals surface area contributed by atoms with Crippen LogP contribution in [0.2, 0.25) is 0 Å². The smallest absolute Gasteiger partial charge is 0.183 e. The fraction of sp³-hybridized carbons (Fsp3) is 0.526. The molecule has 1 heterocycles. The van der Waals surface area contributed by atoms with Crippen LogP contribution in [0.4, 0.5) is 5.13 Å². The molecule has 1 aromatic carbocycles. The Morgan fingerprint density at radius 3 is 2.59 bits per heavy atom. The van der Waals surface area contributed by atoms with Crippen LogP contribution in [0.1, 0.15) is 62.1 Å². The van der Waals surface area contributed by atoms with Crippen LogP contribution in [0.25, 0.3) is 0 Å². The fourth-order valence-corrected chi connectivity index (χ4v) is 3.70. The van der Waals surface area contributed by atoms with Crippen LogP contribution < -0.4 is 5.32 Å². The molecule has 0 bridgehead atoms. The maximum atomic E-state index is 4.78. The summed E-state index contributed by atoms with van der Waals surface area (Å²) in [5, 5.41) is 4.62. The van der Waals surface area contributed by atoms with E-state index in [1.54, 1.807) is 0 Å². The minimum Gasteiger partial charge on any atom is -0.361 e. The molecule has 0 aliphatic carbocycles. The van der Waals surface area contributed by atoms with Crippen LogP contribution >= 0.6 is 11.3 Å². The highest BCUT2D eigenvalue weighted by molar-refractivity contribution is 7.15. The highest BCUT2D eigenvalue weighted by Crippen LogP contribution is 2.26. The highest BCUT2D eigenvalue weighted by Gasteiger charge is 2.11. The molecular formula is C19H28N2S. The Morgan fingerprint density at radius 2 is 1.91 bits per heavy atom. The topological polar surface area (TPSA) is 24.9 Å². The Hall–Kier alpha value is -1.35. The van der Waals surface area contributed by atoms with Gasteiger partial charge in [0.05, 0.1) is 5.69 Å². The lowest BCUT2D eigenvalue weighted by molar-refractivity contribution is 0.718. The number of nitrogens with one attached hydrogen (secondary N) is 1. The summed E-state index contributed by atoms with van der Waals surface area (Å²) < 4.78 is 0. The van der Waals surface area contributed by atoms with Gasteiger partial charge in [-0.25, -0.2) is 4.98 Å². The van der Waals surface area contributed by atoms with Crippen LogP contribution in [0.15, 0.2) is 30.3 Å². The van der Waals surface area contributed by atoms with E-state index in [4.69, 9.17) is 4.98 Å². The van der Waals surface area contributed by atoms with Gasteiger partial charge in [0, 0.05) is 11.4 Å². The predicted octanol–water partition coefficient (Wildman–Crippen LogP) is 5.65. The van der Waals surface area contributed by atoms with Gasteiger partial charge < -0.3 is 5.32 Å². The van der Waals surface area contributed by atoms with E-state index < -0.39 is 0 Å². The first-order valence-electron chi connectivity index (χ1n) is 8.52. The van der Waals surface area contributed by atoms with Crippen molar-refractivity contribution in [1.29, 1.82) is 0 Å². The van der Waals surface area contributed by atoms with E-state index >= 15 is 0 Å². The second-order valence-electron chi connectivity index (χ2n) is 5.89. The highest BCUT2D eigenvalue weighted by atomic mass is 32.1. The zero-order valence-electron chi connectivity index (χ0n) is 14.1. The second-order valence-corrected chi connectivity index (χ2v) is 6.98. The third-order valence-electron chi connectivity index (χ3n) is 4.05. The van der Waals surface area contributed by atoms with Crippen molar-refractivity contribution in [3.05, 3.63) is 46.5 Å². The monoisotopic (exact) mass is 316 g/mol. The summed E-state index contributed by atoms with van der Waals surface area (Å²) in [6, 6.07) is 10.7. The van der Waals surface area contributed by atoms with Crippen LogP contribution in [-0.2, 0) is 12.8 Å². The maximum absolute atomic E-state index is 4.78. The van der Waals surface area contributed by atoms with Crippen molar-refractivity contribution in [2.45, 2.75) is 58.8 Å². The van der Waals surface area contributed by atoms with Gasteiger partial charge in [-0.3, -0.25) is 0 Å². The van der Waals surface area contributed by atoms with Crippen molar-refractivity contribution < 1.29 is 0 Å². The molecule has 2 rings (SSSR count). The number of aromatic nitrogens is 1. The molecule has 0 saturated heterocycles. The molecular weight excluding hydrogens is 288 g/mol. The molecule has 1 N–H and O–H groups in total. The van der Waals surface area contributed by atoms with Gasteiger partial charge in [-0.15, -0.1) is 11.3 Å². The number of anilines is 1. The molecule has 120 valence electrons. The largest absolute Gasteiger partial charge is 0.361 e. The number of aryl methyl sites for hydroxylation is 2. The molecule has 0 amide bonds. The SMILES string of the molecule is CCCCCc1sc(NCC(C)c2ccccc2)nc1CC. The summed E-state index contributed by atoms with van der Waals surface area (Å²) >= 11 is 1.85. The van der Waals surface area contributed by atoms with Gasteiger partial charge in [0.15, 0.2) is 5.13 Å². The number of hydrogen-bond donors (Lipinski definition) is 1. The molecule has 1 aromatic heterocycles. The molecule has 3 heteroatoms. The van der Waals surface area contributed by atoms with E-state index in [-0.39, 0.29) is 0 Å². The third kappa shape index (κ3) is 4.84. The predicted molar refractivity (Wildman–Crippen MR) is 98.1 cm³/mol. The van der Waals surface area contributed by atoms with E-state index in [9.17, 15) is 0 Å². The Morgan fingerprint density at radius 1 is 1.14 bits per heavy atom. The fourth-order valence-electron chi connectivity index (χ4n) is 2.61. The first-order valence-corrected chi connectivity index (χ1v) is 9.33. The first kappa shape index (κ1) is 17.0. The Balaban J connectivity index is 1.92. The minimum absolute atomic E-state index is 0.499. The van der Waals surface area contributed by atoms with Gasteiger partial charge in [0.1, 0.15) is 0 Å². The zero-order chi connectivity index (χ0) is 15.8. The van der Waals surface area contributed by atoms with Gasteiger partial charge in [-0.05, 0) is 30.7 Å². The molecule has 0 fully saturated rings. The summed E-state index contributed by atoms with van der Waals surface area (Å²) in [6.45, 7) is 7.66. The van der Waals surface area contributed by atoms with Crippen LogP contribution in [-0.4, -0.2) is 11.5 Å². The zero-order valence-corrected chi connectivity index (χ0v) is 14.9. The normalized spacial score (nSPS) is 12.3. The number of rotatable bonds is 9. The van der Waals surface area contributed by atoms with Crippen LogP contribution in [0, 0.1) is 0 Å². The number of benzene rings is 1. The van der Waals surface area contributed by atoms with E-state index in [0.717, 1.165) is 18.1 Å². The Labute approximate surface area is 139 Å². The van der Waals surface area contributed by atoms with E-state index in [2.05, 4.69) is 56.4 Å². The molecule has 2 nitrogen and oxygen atoms in total. The number of hydrogen-bond acceptors (Lipinski definition) is 3. The second kappa shape index (κ2) is 8.94. The van der Waals surface area contributed by atoms with Crippen LogP contribution in [0.3, 0.4) is 0 Å². The average Bonchev–Trinajstić information content (AvgIpc) is 2.96. The van der Waals surface area contributed by atoms with Crippen molar-refractivity contribution >= 4 is 16.5 Å². The Kier molecular flexibility index (Phi) is 6.91. The number of unbranched alkanes of at least 4 members (excludes halogenated alkanes) is 2. The standard InChI is InChI=1S/C19H28N2S/c1-4-6-8-13-18-17(5-2)21-19(22-18)20-14-15(3)16-11-9-7-10-12-16/h7,9-12,15H,4-6,8,13-14H2,1-3H3,(H,20,21). The summed E-state index contributed by atoms with van der Waals surface area (Å²) in [5.74, 6) is 0.499. The van der Waals surface area contributed by atoms with Crippen molar-refractivity contribution in [2.24, 2.45) is 0 Å². The van der Waals surface area contributed by atoms with Gasteiger partial charge in [-0.2, -0.15) is 0 Å². The molecule has 0 radical (unpaired) electrons. The molecule has 1 atom stereocenters. The third-order valence-corrected chi connectivity index (χ3v) is 5.16. The molecule has 0 spiro atoms. The minimum atomic E-state index is 0.499. The number of nitrogens with zero attached hydrogens (tertiary/aromatic N) is 1. The first-order chi connectivity index (χ1) is 10.7. The van der Waals surface area contributed by atoms with E-state index in [1.807, 2.05) is 11.3 Å². The quantitative estimate of drug-likeness (QED) is 0.604. The molecule has 0 saturated carbocycles. The lowest BCUT2D eigenvalue weighted by Gasteiger charge is -2.12. The van der Waals surface area contributed by atoms with Gasteiger partial charge in [0.25, 0.3) is 0 Å². The van der Waals surface area contributed by atoms with Gasteiger partial charge in [-0.1, -0.05) is 63.9 Å². The lowest BCUT2D eigenvalue weighted by Crippen LogP contribution is -2.09. The maximum Gasteiger partial charge on any atom is 0.183 e. The Bertz CT molecular complexity index is 548. The number of thiazole rings is 1. The summed E-state index contributed by atoms with van der Waals surface area (Å²) in [7, 11) is 0. The van der Waals surface area contributed by atoms with E-state index in [1.165, 1.54) is 41.8 Å². The van der Waals surface area contributed by atoms with Gasteiger partial charge >= 0.3 is 0 Å². The van der Waals surface area contributed by atoms with Crippen molar-refractivity contribution in [3.8, 4) is 0 Å². The van der Waals surface area contributed by atoms with Crippen molar-refractivity contribution in [3.63, 3.8) is 0 Å².